The van der Waals surface area contributed by atoms with Crippen LogP contribution < -0.4 is 5.32 Å². The van der Waals surface area contributed by atoms with Crippen LogP contribution in [-0.4, -0.2) is 25.2 Å². The Labute approximate surface area is 136 Å². The molecule has 5 nitrogen and oxygen atoms in total. The summed E-state index contributed by atoms with van der Waals surface area (Å²) in [5.41, 5.74) is 0.942. The zero-order chi connectivity index (χ0) is 16.2. The van der Waals surface area contributed by atoms with E-state index in [1.165, 1.54) is 7.11 Å². The molecule has 0 radical (unpaired) electrons. The second kappa shape index (κ2) is 7.02. The van der Waals surface area contributed by atoms with Gasteiger partial charge in [-0.2, -0.15) is 0 Å². The molecule has 1 amide bonds. The van der Waals surface area contributed by atoms with Crippen LogP contribution >= 0.6 is 0 Å². The Bertz CT molecular complexity index is 551. The molecule has 1 aromatic carbocycles. The molecule has 1 N–H and O–H groups in total. The van der Waals surface area contributed by atoms with Gasteiger partial charge in [0.05, 0.1) is 13.0 Å². The van der Waals surface area contributed by atoms with Crippen molar-refractivity contribution in [3.63, 3.8) is 0 Å². The maximum Gasteiger partial charge on any atom is 0.407 e. The molecule has 0 aliphatic heterocycles. The number of alkyl carbamates (subject to hydrolysis) is 1. The smallest absolute Gasteiger partial charge is 0.407 e. The predicted octanol–water partition coefficient (Wildman–Crippen LogP) is 2.89. The number of methoxy groups -OCH3 is 1. The van der Waals surface area contributed by atoms with E-state index in [1.54, 1.807) is 0 Å². The summed E-state index contributed by atoms with van der Waals surface area (Å²) >= 11 is 0. The Morgan fingerprint density at radius 1 is 1.09 bits per heavy atom. The third-order valence-corrected chi connectivity index (χ3v) is 5.19. The fourth-order valence-electron chi connectivity index (χ4n) is 4.03. The number of ether oxygens (including phenoxy) is 2. The first-order valence-electron chi connectivity index (χ1n) is 8.24. The summed E-state index contributed by atoms with van der Waals surface area (Å²) in [6, 6.07) is 9.38. The van der Waals surface area contributed by atoms with Crippen molar-refractivity contribution >= 4 is 12.1 Å². The number of carbonyl (C=O) groups is 2. The molecule has 3 aliphatic rings. The van der Waals surface area contributed by atoms with Crippen molar-refractivity contribution in [1.82, 2.24) is 5.32 Å². The normalized spacial score (nSPS) is 28.9. The summed E-state index contributed by atoms with van der Waals surface area (Å²) in [7, 11) is 1.41. The number of amides is 1. The molecule has 5 heteroatoms. The van der Waals surface area contributed by atoms with Crippen molar-refractivity contribution in [2.45, 2.75) is 38.3 Å². The van der Waals surface area contributed by atoms with Gasteiger partial charge in [0.25, 0.3) is 0 Å². The average molecular weight is 317 g/mol. The summed E-state index contributed by atoms with van der Waals surface area (Å²) < 4.78 is 10.3. The van der Waals surface area contributed by atoms with Gasteiger partial charge in [0.2, 0.25) is 0 Å². The molecule has 0 spiro atoms. The van der Waals surface area contributed by atoms with Gasteiger partial charge in [-0.1, -0.05) is 30.3 Å². The largest absolute Gasteiger partial charge is 0.469 e. The maximum atomic E-state index is 12.1. The van der Waals surface area contributed by atoms with E-state index in [1.807, 2.05) is 30.3 Å². The summed E-state index contributed by atoms with van der Waals surface area (Å²) in [6.07, 6.45) is 3.74. The van der Waals surface area contributed by atoms with Crippen LogP contribution in [0.1, 0.15) is 31.2 Å². The molecule has 4 rings (SSSR count). The highest BCUT2D eigenvalue weighted by molar-refractivity contribution is 5.76. The number of rotatable bonds is 4. The highest BCUT2D eigenvalue weighted by Gasteiger charge is 2.48. The lowest BCUT2D eigenvalue weighted by Gasteiger charge is -2.47. The number of carbonyl (C=O) groups excluding carboxylic acids is 2. The number of hydrogen-bond acceptors (Lipinski definition) is 4. The summed E-state index contributed by atoms with van der Waals surface area (Å²) in [5, 5.41) is 2.92. The van der Waals surface area contributed by atoms with Crippen LogP contribution in [0.4, 0.5) is 4.79 Å². The lowest BCUT2D eigenvalue weighted by Crippen LogP contribution is -2.56. The molecule has 3 aliphatic carbocycles. The van der Waals surface area contributed by atoms with Crippen molar-refractivity contribution in [1.29, 1.82) is 0 Å². The minimum atomic E-state index is -0.458. The molecule has 0 unspecified atom stereocenters. The second-order valence-electron chi connectivity index (χ2n) is 6.46. The molecule has 0 aromatic heterocycles. The molecule has 124 valence electrons. The minimum absolute atomic E-state index is 0.168. The quantitative estimate of drug-likeness (QED) is 0.867. The van der Waals surface area contributed by atoms with Crippen molar-refractivity contribution in [3.8, 4) is 0 Å². The van der Waals surface area contributed by atoms with Crippen molar-refractivity contribution in [2.24, 2.45) is 17.8 Å². The minimum Gasteiger partial charge on any atom is -0.469 e. The highest BCUT2D eigenvalue weighted by Crippen LogP contribution is 2.45. The molecule has 0 saturated heterocycles. The maximum absolute atomic E-state index is 12.1. The fourth-order valence-corrected chi connectivity index (χ4v) is 4.03. The van der Waals surface area contributed by atoms with Gasteiger partial charge in [-0.15, -0.1) is 0 Å². The number of nitrogens with one attached hydrogen (secondary N) is 1. The predicted molar refractivity (Wildman–Crippen MR) is 84.5 cm³/mol. The lowest BCUT2D eigenvalue weighted by atomic mass is 9.61. The van der Waals surface area contributed by atoms with Crippen LogP contribution in [0.25, 0.3) is 0 Å². The van der Waals surface area contributed by atoms with E-state index in [0.29, 0.717) is 11.8 Å². The average Bonchev–Trinajstić information content (AvgIpc) is 2.61. The summed E-state index contributed by atoms with van der Waals surface area (Å²) in [4.78, 5) is 24.2. The van der Waals surface area contributed by atoms with Gasteiger partial charge < -0.3 is 14.8 Å². The summed E-state index contributed by atoms with van der Waals surface area (Å²) in [6.45, 7) is 0.233. The van der Waals surface area contributed by atoms with Crippen molar-refractivity contribution in [3.05, 3.63) is 35.9 Å². The van der Waals surface area contributed by atoms with E-state index in [-0.39, 0.29) is 24.5 Å². The Morgan fingerprint density at radius 2 is 1.74 bits per heavy atom. The SMILES string of the molecule is COC(=O)[C@H]1C2CCC(CC2)[C@H]1NC(=O)OCc1ccccc1. The van der Waals surface area contributed by atoms with Crippen LogP contribution in [0.15, 0.2) is 30.3 Å². The van der Waals surface area contributed by atoms with Crippen LogP contribution in [0.2, 0.25) is 0 Å². The third kappa shape index (κ3) is 3.49. The number of hydrogen-bond donors (Lipinski definition) is 1. The molecule has 3 saturated carbocycles. The van der Waals surface area contributed by atoms with Gasteiger partial charge >= 0.3 is 12.1 Å². The van der Waals surface area contributed by atoms with E-state index >= 15 is 0 Å². The molecule has 23 heavy (non-hydrogen) atoms. The third-order valence-electron chi connectivity index (χ3n) is 5.19. The molecular formula is C18H23NO4. The van der Waals surface area contributed by atoms with E-state index in [4.69, 9.17) is 9.47 Å². The molecule has 2 bridgehead atoms. The molecule has 1 aromatic rings. The van der Waals surface area contributed by atoms with Crippen LogP contribution in [-0.2, 0) is 20.9 Å². The lowest BCUT2D eigenvalue weighted by molar-refractivity contribution is -0.153. The molecule has 0 heterocycles. The standard InChI is InChI=1S/C18H23NO4/c1-22-17(20)15-13-7-9-14(10-8-13)16(15)19-18(21)23-11-12-5-3-2-4-6-12/h2-6,13-16H,7-11H2,1H3,(H,19,21)/t13?,14?,15-,16+/m0/s1. The van der Waals surface area contributed by atoms with Gasteiger partial charge in [-0.05, 0) is 43.1 Å². The molecular weight excluding hydrogens is 294 g/mol. The monoisotopic (exact) mass is 317 g/mol. The van der Waals surface area contributed by atoms with Gasteiger partial charge in [0, 0.05) is 6.04 Å². The number of benzene rings is 1. The van der Waals surface area contributed by atoms with Gasteiger partial charge in [-0.3, -0.25) is 4.79 Å². The first-order valence-corrected chi connectivity index (χ1v) is 8.24. The van der Waals surface area contributed by atoms with Crippen LogP contribution in [0.5, 0.6) is 0 Å². The van der Waals surface area contributed by atoms with Gasteiger partial charge in [0.1, 0.15) is 6.61 Å². The number of fused-ring (bicyclic) bond motifs is 3. The van der Waals surface area contributed by atoms with Gasteiger partial charge in [-0.25, -0.2) is 4.79 Å². The van der Waals surface area contributed by atoms with Crippen LogP contribution in [0, 0.1) is 17.8 Å². The van der Waals surface area contributed by atoms with E-state index in [9.17, 15) is 9.59 Å². The fraction of sp³-hybridized carbons (Fsp3) is 0.556. The van der Waals surface area contributed by atoms with E-state index in [0.717, 1.165) is 31.2 Å². The first kappa shape index (κ1) is 15.8. The van der Waals surface area contributed by atoms with Crippen LogP contribution in [0.3, 0.4) is 0 Å². The van der Waals surface area contributed by atoms with E-state index < -0.39 is 6.09 Å². The highest BCUT2D eigenvalue weighted by atomic mass is 16.5. The first-order chi connectivity index (χ1) is 11.2. The molecule has 2 atom stereocenters. The van der Waals surface area contributed by atoms with Crippen molar-refractivity contribution in [2.75, 3.05) is 7.11 Å². The zero-order valence-corrected chi connectivity index (χ0v) is 13.4. The van der Waals surface area contributed by atoms with Gasteiger partial charge in [0.15, 0.2) is 0 Å². The Hall–Kier alpha value is -2.04. The van der Waals surface area contributed by atoms with E-state index in [2.05, 4.69) is 5.32 Å². The molecule has 3 fully saturated rings. The Balaban J connectivity index is 1.60. The second-order valence-corrected chi connectivity index (χ2v) is 6.46. The zero-order valence-electron chi connectivity index (χ0n) is 13.4. The Morgan fingerprint density at radius 3 is 2.39 bits per heavy atom. The topological polar surface area (TPSA) is 64.6 Å². The summed E-state index contributed by atoms with van der Waals surface area (Å²) in [5.74, 6) is 0.199. The Kier molecular flexibility index (Phi) is 4.84. The van der Waals surface area contributed by atoms with Crippen molar-refractivity contribution < 1.29 is 19.1 Å². The number of esters is 1.